The predicted octanol–water partition coefficient (Wildman–Crippen LogP) is 4.06. The standard InChI is InChI=1S/C22H25NO2/c1-16-10-21(24-2)8-9-22(16)18-11-19-14-25-15-20(12-18)23(19)13-17-6-4-3-5-7-17/h3-11,19-20H,12-15H2,1-2H3. The van der Waals surface area contributed by atoms with Crippen LogP contribution in [0.15, 0.2) is 54.6 Å². The third kappa shape index (κ3) is 3.35. The largest absolute Gasteiger partial charge is 0.497 e. The minimum absolute atomic E-state index is 0.351. The van der Waals surface area contributed by atoms with E-state index in [1.54, 1.807) is 7.11 Å². The first-order valence-electron chi connectivity index (χ1n) is 8.97. The Balaban J connectivity index is 1.61. The average molecular weight is 335 g/mol. The molecule has 2 unspecified atom stereocenters. The molecule has 130 valence electrons. The minimum Gasteiger partial charge on any atom is -0.497 e. The molecule has 2 aromatic carbocycles. The number of hydrogen-bond acceptors (Lipinski definition) is 3. The molecular weight excluding hydrogens is 310 g/mol. The van der Waals surface area contributed by atoms with E-state index < -0.39 is 0 Å². The molecule has 0 aliphatic carbocycles. The van der Waals surface area contributed by atoms with Gasteiger partial charge in [-0.2, -0.15) is 0 Å². The lowest BCUT2D eigenvalue weighted by molar-refractivity contribution is -0.0402. The first-order valence-corrected chi connectivity index (χ1v) is 8.97. The molecule has 0 saturated carbocycles. The topological polar surface area (TPSA) is 21.7 Å². The second-order valence-corrected chi connectivity index (χ2v) is 6.99. The number of morpholine rings is 1. The van der Waals surface area contributed by atoms with Crippen molar-refractivity contribution in [3.05, 3.63) is 71.3 Å². The third-order valence-corrected chi connectivity index (χ3v) is 5.33. The van der Waals surface area contributed by atoms with E-state index in [9.17, 15) is 0 Å². The first-order chi connectivity index (χ1) is 12.2. The Labute approximate surface area is 149 Å². The number of nitrogens with zero attached hydrogens (tertiary/aromatic N) is 1. The van der Waals surface area contributed by atoms with Crippen molar-refractivity contribution >= 4 is 5.57 Å². The Morgan fingerprint density at radius 2 is 1.96 bits per heavy atom. The second-order valence-electron chi connectivity index (χ2n) is 6.99. The monoisotopic (exact) mass is 335 g/mol. The molecule has 0 aromatic heterocycles. The lowest BCUT2D eigenvalue weighted by Gasteiger charge is -2.45. The summed E-state index contributed by atoms with van der Waals surface area (Å²) in [5.74, 6) is 0.923. The highest BCUT2D eigenvalue weighted by Crippen LogP contribution is 2.35. The van der Waals surface area contributed by atoms with Crippen molar-refractivity contribution in [3.63, 3.8) is 0 Å². The Kier molecular flexibility index (Phi) is 4.60. The van der Waals surface area contributed by atoms with Crippen molar-refractivity contribution < 1.29 is 9.47 Å². The molecular formula is C22H25NO2. The Morgan fingerprint density at radius 3 is 2.68 bits per heavy atom. The third-order valence-electron chi connectivity index (χ3n) is 5.33. The Morgan fingerprint density at radius 1 is 1.12 bits per heavy atom. The molecule has 0 spiro atoms. The minimum atomic E-state index is 0.351. The summed E-state index contributed by atoms with van der Waals surface area (Å²) in [6.45, 7) is 4.75. The maximum Gasteiger partial charge on any atom is 0.119 e. The number of benzene rings is 2. The van der Waals surface area contributed by atoms with Gasteiger partial charge < -0.3 is 9.47 Å². The Hall–Kier alpha value is -2.10. The fourth-order valence-electron chi connectivity index (χ4n) is 4.02. The van der Waals surface area contributed by atoms with Crippen LogP contribution in [0.1, 0.15) is 23.1 Å². The maximum absolute atomic E-state index is 5.85. The van der Waals surface area contributed by atoms with Crippen molar-refractivity contribution in [3.8, 4) is 5.75 Å². The molecule has 2 bridgehead atoms. The summed E-state index contributed by atoms with van der Waals surface area (Å²) < 4.78 is 11.2. The number of fused-ring (bicyclic) bond motifs is 2. The average Bonchev–Trinajstić information content (AvgIpc) is 2.62. The van der Waals surface area contributed by atoms with Gasteiger partial charge in [-0.05, 0) is 47.7 Å². The van der Waals surface area contributed by atoms with E-state index in [0.717, 1.165) is 31.9 Å². The van der Waals surface area contributed by atoms with Crippen molar-refractivity contribution in [1.82, 2.24) is 4.90 Å². The van der Waals surface area contributed by atoms with Gasteiger partial charge in [-0.3, -0.25) is 4.90 Å². The first kappa shape index (κ1) is 16.4. The molecule has 0 radical (unpaired) electrons. The molecule has 1 saturated heterocycles. The van der Waals surface area contributed by atoms with E-state index in [4.69, 9.17) is 9.47 Å². The smallest absolute Gasteiger partial charge is 0.119 e. The zero-order chi connectivity index (χ0) is 17.2. The number of hydrogen-bond donors (Lipinski definition) is 0. The fourth-order valence-corrected chi connectivity index (χ4v) is 4.02. The van der Waals surface area contributed by atoms with E-state index in [1.807, 2.05) is 0 Å². The summed E-state index contributed by atoms with van der Waals surface area (Å²) in [5.41, 5.74) is 5.44. The van der Waals surface area contributed by atoms with Crippen LogP contribution in [0, 0.1) is 6.92 Å². The number of ether oxygens (including phenoxy) is 2. The van der Waals surface area contributed by atoms with Crippen molar-refractivity contribution in [2.24, 2.45) is 0 Å². The molecule has 2 atom stereocenters. The van der Waals surface area contributed by atoms with Crippen LogP contribution in [0.2, 0.25) is 0 Å². The Bertz CT molecular complexity index is 769. The van der Waals surface area contributed by atoms with Gasteiger partial charge in [-0.15, -0.1) is 0 Å². The lowest BCUT2D eigenvalue weighted by atomic mass is 9.87. The van der Waals surface area contributed by atoms with Crippen molar-refractivity contribution in [1.29, 1.82) is 0 Å². The van der Waals surface area contributed by atoms with E-state index in [1.165, 1.54) is 22.3 Å². The maximum atomic E-state index is 5.85. The van der Waals surface area contributed by atoms with Gasteiger partial charge in [-0.25, -0.2) is 0 Å². The molecule has 0 amide bonds. The van der Waals surface area contributed by atoms with Gasteiger partial charge >= 0.3 is 0 Å². The van der Waals surface area contributed by atoms with Crippen LogP contribution in [-0.4, -0.2) is 37.3 Å². The molecule has 2 aromatic rings. The number of methoxy groups -OCH3 is 1. The molecule has 3 nitrogen and oxygen atoms in total. The molecule has 2 heterocycles. The highest BCUT2D eigenvalue weighted by atomic mass is 16.5. The molecule has 0 N–H and O–H groups in total. The van der Waals surface area contributed by atoms with E-state index in [2.05, 4.69) is 66.4 Å². The van der Waals surface area contributed by atoms with Gasteiger partial charge in [0.05, 0.1) is 26.4 Å². The van der Waals surface area contributed by atoms with Crippen LogP contribution in [0.4, 0.5) is 0 Å². The van der Waals surface area contributed by atoms with E-state index >= 15 is 0 Å². The van der Waals surface area contributed by atoms with Gasteiger partial charge in [0.15, 0.2) is 0 Å². The summed E-state index contributed by atoms with van der Waals surface area (Å²) in [6.07, 6.45) is 3.45. The number of aryl methyl sites for hydroxylation is 1. The van der Waals surface area contributed by atoms with Crippen LogP contribution in [0.3, 0.4) is 0 Å². The van der Waals surface area contributed by atoms with Gasteiger partial charge in [0.2, 0.25) is 0 Å². The van der Waals surface area contributed by atoms with E-state index in [0.29, 0.717) is 12.1 Å². The molecule has 25 heavy (non-hydrogen) atoms. The van der Waals surface area contributed by atoms with Crippen molar-refractivity contribution in [2.75, 3.05) is 20.3 Å². The summed E-state index contributed by atoms with van der Waals surface area (Å²) in [5, 5.41) is 0. The van der Waals surface area contributed by atoms with Gasteiger partial charge in [-0.1, -0.05) is 42.5 Å². The van der Waals surface area contributed by atoms with Crippen LogP contribution in [0.25, 0.3) is 5.57 Å². The zero-order valence-electron chi connectivity index (χ0n) is 14.9. The van der Waals surface area contributed by atoms with Gasteiger partial charge in [0, 0.05) is 12.6 Å². The summed E-state index contributed by atoms with van der Waals surface area (Å²) in [7, 11) is 1.72. The lowest BCUT2D eigenvalue weighted by Crippen LogP contribution is -2.53. The van der Waals surface area contributed by atoms with Crippen LogP contribution >= 0.6 is 0 Å². The molecule has 1 fully saturated rings. The highest BCUT2D eigenvalue weighted by Gasteiger charge is 2.35. The van der Waals surface area contributed by atoms with Crippen LogP contribution in [-0.2, 0) is 11.3 Å². The van der Waals surface area contributed by atoms with Gasteiger partial charge in [0.1, 0.15) is 5.75 Å². The predicted molar refractivity (Wildman–Crippen MR) is 101 cm³/mol. The number of rotatable bonds is 4. The fraction of sp³-hybridized carbons (Fsp3) is 0.364. The zero-order valence-corrected chi connectivity index (χ0v) is 14.9. The van der Waals surface area contributed by atoms with Crippen molar-refractivity contribution in [2.45, 2.75) is 32.0 Å². The molecule has 2 aliphatic heterocycles. The molecule has 2 aliphatic rings. The van der Waals surface area contributed by atoms with E-state index in [-0.39, 0.29) is 0 Å². The summed E-state index contributed by atoms with van der Waals surface area (Å²) >= 11 is 0. The SMILES string of the molecule is COc1ccc(C2=CC3COCC(C2)N3Cc2ccccc2)c(C)c1. The van der Waals surface area contributed by atoms with Crippen LogP contribution < -0.4 is 4.74 Å². The molecule has 4 rings (SSSR count). The summed E-state index contributed by atoms with van der Waals surface area (Å²) in [4.78, 5) is 2.60. The summed E-state index contributed by atoms with van der Waals surface area (Å²) in [6, 6.07) is 17.9. The highest BCUT2D eigenvalue weighted by molar-refractivity contribution is 5.71. The van der Waals surface area contributed by atoms with Gasteiger partial charge in [0.25, 0.3) is 0 Å². The second kappa shape index (κ2) is 7.03. The van der Waals surface area contributed by atoms with Crippen LogP contribution in [0.5, 0.6) is 5.75 Å². The quantitative estimate of drug-likeness (QED) is 0.841. The normalized spacial score (nSPS) is 23.2. The molecule has 3 heteroatoms.